The number of nitrogens with zero attached hydrogens (tertiary/aromatic N) is 2. The van der Waals surface area contributed by atoms with Crippen molar-refractivity contribution in [3.8, 4) is 17.2 Å². The van der Waals surface area contributed by atoms with E-state index < -0.39 is 11.9 Å². The lowest BCUT2D eigenvalue weighted by molar-refractivity contribution is -0.112. The quantitative estimate of drug-likeness (QED) is 0.234. The normalized spacial score (nSPS) is 10.9. The Hall–Kier alpha value is -3.41. The lowest BCUT2D eigenvalue weighted by Gasteiger charge is -2.12. The molecule has 1 amide bonds. The Morgan fingerprint density at radius 3 is 2.39 bits per heavy atom. The number of ether oxygens (including phenoxy) is 1. The predicted octanol–water partition coefficient (Wildman–Crippen LogP) is 5.97. The van der Waals surface area contributed by atoms with Gasteiger partial charge in [0.05, 0.1) is 6.61 Å². The topological polar surface area (TPSA) is 82.4 Å². The molecule has 0 aliphatic rings. The fourth-order valence-corrected chi connectivity index (χ4v) is 4.27. The van der Waals surface area contributed by atoms with Gasteiger partial charge >= 0.3 is 5.97 Å². The minimum atomic E-state index is -0.594. The van der Waals surface area contributed by atoms with Gasteiger partial charge in [0.25, 0.3) is 5.91 Å². The Balaban J connectivity index is 1.92. The molecule has 0 fully saturated rings. The average Bonchev–Trinajstić information content (AvgIpc) is 3.21. The van der Waals surface area contributed by atoms with Gasteiger partial charge in [-0.2, -0.15) is 5.26 Å². The summed E-state index contributed by atoms with van der Waals surface area (Å²) < 4.78 is 6.14. The SMILES string of the molecule is CCOC(=O)c1c(-c2ccc(Br)cc2)csc1NC(=O)/C(C#N)=C/c1ccc(N(C)C)cc1. The van der Waals surface area contributed by atoms with Gasteiger partial charge in [-0.05, 0) is 48.4 Å². The molecule has 1 heterocycles. The maximum Gasteiger partial charge on any atom is 0.341 e. The summed E-state index contributed by atoms with van der Waals surface area (Å²) in [7, 11) is 3.87. The van der Waals surface area contributed by atoms with Crippen molar-refractivity contribution in [3.63, 3.8) is 0 Å². The Labute approximate surface area is 205 Å². The fraction of sp³-hybridized carbons (Fsp3) is 0.160. The van der Waals surface area contributed by atoms with E-state index in [1.807, 2.05) is 73.6 Å². The van der Waals surface area contributed by atoms with Gasteiger partial charge in [-0.15, -0.1) is 11.3 Å². The summed E-state index contributed by atoms with van der Waals surface area (Å²) in [6.07, 6.45) is 1.52. The van der Waals surface area contributed by atoms with E-state index in [2.05, 4.69) is 21.2 Å². The molecule has 0 spiro atoms. The van der Waals surface area contributed by atoms with Crippen LogP contribution in [0.15, 0.2) is 64.0 Å². The summed E-state index contributed by atoms with van der Waals surface area (Å²) in [5, 5.41) is 14.4. The van der Waals surface area contributed by atoms with Crippen molar-refractivity contribution < 1.29 is 14.3 Å². The highest BCUT2D eigenvalue weighted by atomic mass is 79.9. The molecule has 0 atom stereocenters. The van der Waals surface area contributed by atoms with Crippen LogP contribution in [-0.2, 0) is 9.53 Å². The van der Waals surface area contributed by atoms with Crippen LogP contribution in [0.2, 0.25) is 0 Å². The molecule has 0 unspecified atom stereocenters. The van der Waals surface area contributed by atoms with Gasteiger partial charge in [-0.25, -0.2) is 4.79 Å². The maximum atomic E-state index is 12.9. The van der Waals surface area contributed by atoms with E-state index in [4.69, 9.17) is 4.74 Å². The molecule has 33 heavy (non-hydrogen) atoms. The molecular weight excluding hydrogens is 502 g/mol. The third-order valence-electron chi connectivity index (χ3n) is 4.74. The number of hydrogen-bond acceptors (Lipinski definition) is 6. The second-order valence-electron chi connectivity index (χ2n) is 7.19. The third kappa shape index (κ3) is 5.89. The highest BCUT2D eigenvalue weighted by Crippen LogP contribution is 2.37. The van der Waals surface area contributed by atoms with E-state index in [0.717, 1.165) is 21.3 Å². The molecule has 1 aromatic heterocycles. The first-order valence-corrected chi connectivity index (χ1v) is 11.8. The van der Waals surface area contributed by atoms with Gasteiger partial charge in [-0.3, -0.25) is 4.79 Å². The van der Waals surface area contributed by atoms with Crippen LogP contribution in [0.5, 0.6) is 0 Å². The van der Waals surface area contributed by atoms with Crippen LogP contribution >= 0.6 is 27.3 Å². The number of rotatable bonds is 7. The van der Waals surface area contributed by atoms with E-state index in [9.17, 15) is 14.9 Å². The summed E-state index contributed by atoms with van der Waals surface area (Å²) in [5.74, 6) is -1.13. The number of halogens is 1. The van der Waals surface area contributed by atoms with Crippen LogP contribution in [0, 0.1) is 11.3 Å². The van der Waals surface area contributed by atoms with Gasteiger partial charge < -0.3 is 15.0 Å². The van der Waals surface area contributed by atoms with Crippen molar-refractivity contribution in [1.29, 1.82) is 5.26 Å². The van der Waals surface area contributed by atoms with E-state index in [-0.39, 0.29) is 17.7 Å². The number of thiophene rings is 1. The van der Waals surface area contributed by atoms with Crippen molar-refractivity contribution in [2.75, 3.05) is 30.9 Å². The molecule has 0 saturated carbocycles. The molecule has 0 bridgehead atoms. The molecular formula is C25H22BrN3O3S. The number of anilines is 2. The lowest BCUT2D eigenvalue weighted by Crippen LogP contribution is -2.16. The number of hydrogen-bond donors (Lipinski definition) is 1. The van der Waals surface area contributed by atoms with Crippen molar-refractivity contribution in [3.05, 3.63) is 75.1 Å². The van der Waals surface area contributed by atoms with Crippen molar-refractivity contribution in [2.24, 2.45) is 0 Å². The van der Waals surface area contributed by atoms with E-state index in [0.29, 0.717) is 10.6 Å². The van der Waals surface area contributed by atoms with Gasteiger partial charge in [0.2, 0.25) is 0 Å². The fourth-order valence-electron chi connectivity index (χ4n) is 3.05. The van der Waals surface area contributed by atoms with Gasteiger partial charge in [0.15, 0.2) is 0 Å². The molecule has 3 aromatic rings. The number of benzene rings is 2. The standard InChI is InChI=1S/C25H22BrN3O3S/c1-4-32-25(31)22-21(17-7-9-19(26)10-8-17)15-33-24(22)28-23(30)18(14-27)13-16-5-11-20(12-6-16)29(2)3/h5-13,15H,4H2,1-3H3,(H,28,30)/b18-13+. The van der Waals surface area contributed by atoms with Gasteiger partial charge in [0, 0.05) is 35.2 Å². The second-order valence-corrected chi connectivity index (χ2v) is 8.99. The van der Waals surface area contributed by atoms with Crippen LogP contribution in [-0.4, -0.2) is 32.6 Å². The number of nitriles is 1. The van der Waals surface area contributed by atoms with E-state index in [1.165, 1.54) is 17.4 Å². The number of carbonyl (C=O) groups excluding carboxylic acids is 2. The molecule has 168 valence electrons. The average molecular weight is 524 g/mol. The molecule has 6 nitrogen and oxygen atoms in total. The molecule has 8 heteroatoms. The van der Waals surface area contributed by atoms with E-state index >= 15 is 0 Å². The Morgan fingerprint density at radius 1 is 1.15 bits per heavy atom. The minimum absolute atomic E-state index is 0.0685. The summed E-state index contributed by atoms with van der Waals surface area (Å²) >= 11 is 4.62. The molecule has 0 saturated heterocycles. The van der Waals surface area contributed by atoms with E-state index in [1.54, 1.807) is 12.3 Å². The molecule has 0 aliphatic heterocycles. The molecule has 0 radical (unpaired) electrons. The minimum Gasteiger partial charge on any atom is -0.462 e. The first kappa shape index (κ1) is 24.2. The highest BCUT2D eigenvalue weighted by Gasteiger charge is 2.23. The lowest BCUT2D eigenvalue weighted by atomic mass is 10.0. The Morgan fingerprint density at radius 2 is 1.82 bits per heavy atom. The second kappa shape index (κ2) is 10.9. The van der Waals surface area contributed by atoms with Crippen molar-refractivity contribution in [2.45, 2.75) is 6.92 Å². The monoisotopic (exact) mass is 523 g/mol. The number of esters is 1. The summed E-state index contributed by atoms with van der Waals surface area (Å²) in [5.41, 5.74) is 3.40. The molecule has 3 rings (SSSR count). The van der Waals surface area contributed by atoms with Crippen LogP contribution in [0.25, 0.3) is 17.2 Å². The summed E-state index contributed by atoms with van der Waals surface area (Å²) in [6, 6.07) is 16.9. The third-order valence-corrected chi connectivity index (χ3v) is 6.16. The smallest absolute Gasteiger partial charge is 0.341 e. The highest BCUT2D eigenvalue weighted by molar-refractivity contribution is 9.10. The zero-order valence-electron chi connectivity index (χ0n) is 18.4. The van der Waals surface area contributed by atoms with Crippen LogP contribution in [0.3, 0.4) is 0 Å². The van der Waals surface area contributed by atoms with Crippen LogP contribution in [0.4, 0.5) is 10.7 Å². The Kier molecular flexibility index (Phi) is 8.04. The van der Waals surface area contributed by atoms with Crippen molar-refractivity contribution in [1.82, 2.24) is 0 Å². The number of carbonyl (C=O) groups is 2. The van der Waals surface area contributed by atoms with Crippen molar-refractivity contribution >= 4 is 55.9 Å². The summed E-state index contributed by atoms with van der Waals surface area (Å²) in [6.45, 7) is 1.92. The zero-order chi connectivity index (χ0) is 24.0. The maximum absolute atomic E-state index is 12.9. The summed E-state index contributed by atoms with van der Waals surface area (Å²) in [4.78, 5) is 27.6. The number of nitrogens with one attached hydrogen (secondary N) is 1. The van der Waals surface area contributed by atoms with Gasteiger partial charge in [0.1, 0.15) is 22.2 Å². The predicted molar refractivity (Wildman–Crippen MR) is 136 cm³/mol. The van der Waals surface area contributed by atoms with Crippen LogP contribution < -0.4 is 10.2 Å². The molecule has 2 aromatic carbocycles. The first-order valence-electron chi connectivity index (χ1n) is 10.1. The Bertz CT molecular complexity index is 1220. The number of amides is 1. The van der Waals surface area contributed by atoms with Gasteiger partial charge in [-0.1, -0.05) is 40.2 Å². The molecule has 1 N–H and O–H groups in total. The first-order chi connectivity index (χ1) is 15.8. The zero-order valence-corrected chi connectivity index (χ0v) is 20.8. The van der Waals surface area contributed by atoms with Crippen LogP contribution in [0.1, 0.15) is 22.8 Å². The molecule has 0 aliphatic carbocycles. The largest absolute Gasteiger partial charge is 0.462 e.